The zero-order valence-electron chi connectivity index (χ0n) is 13.9. The Balaban J connectivity index is 2.02. The smallest absolute Gasteiger partial charge is 0.185 e. The highest BCUT2D eigenvalue weighted by molar-refractivity contribution is 7.15. The molecule has 1 unspecified atom stereocenters. The Morgan fingerprint density at radius 2 is 1.86 bits per heavy atom. The minimum atomic E-state index is 0.510. The molecule has 2 N–H and O–H groups in total. The van der Waals surface area contributed by atoms with Gasteiger partial charge in [-0.2, -0.15) is 0 Å². The van der Waals surface area contributed by atoms with Gasteiger partial charge in [0.05, 0.1) is 5.69 Å². The van der Waals surface area contributed by atoms with E-state index in [1.807, 2.05) is 0 Å². The molecule has 1 saturated heterocycles. The lowest BCUT2D eigenvalue weighted by Gasteiger charge is -2.35. The number of nitrogens with zero attached hydrogens (tertiary/aromatic N) is 3. The van der Waals surface area contributed by atoms with Crippen LogP contribution in [0.25, 0.3) is 0 Å². The highest BCUT2D eigenvalue weighted by atomic mass is 32.1. The Morgan fingerprint density at radius 3 is 2.38 bits per heavy atom. The first-order valence-corrected chi connectivity index (χ1v) is 9.03. The van der Waals surface area contributed by atoms with Gasteiger partial charge in [-0.05, 0) is 18.3 Å². The zero-order valence-corrected chi connectivity index (χ0v) is 14.7. The molecule has 2 rings (SSSR count). The van der Waals surface area contributed by atoms with E-state index >= 15 is 0 Å². The molecule has 1 aliphatic heterocycles. The van der Waals surface area contributed by atoms with Crippen LogP contribution in [0.15, 0.2) is 0 Å². The Bertz CT molecular complexity index is 435. The number of piperazine rings is 1. The first-order chi connectivity index (χ1) is 10.0. The summed E-state index contributed by atoms with van der Waals surface area (Å²) in [6, 6.07) is 0. The molecule has 0 radical (unpaired) electrons. The molecule has 1 aromatic heterocycles. The van der Waals surface area contributed by atoms with Crippen LogP contribution in [-0.2, 0) is 6.54 Å². The average molecular weight is 311 g/mol. The van der Waals surface area contributed by atoms with Crippen molar-refractivity contribution in [3.63, 3.8) is 0 Å². The van der Waals surface area contributed by atoms with Crippen molar-refractivity contribution in [3.8, 4) is 0 Å². The predicted molar refractivity (Wildman–Crippen MR) is 92.2 cm³/mol. The lowest BCUT2D eigenvalue weighted by atomic mass is 10.0. The summed E-state index contributed by atoms with van der Waals surface area (Å²) in [5.74, 6) is 1.26. The molecule has 0 aliphatic carbocycles. The van der Waals surface area contributed by atoms with Crippen LogP contribution in [0.4, 0.5) is 5.13 Å². The fraction of sp³-hybridized carbons (Fsp3) is 0.812. The van der Waals surface area contributed by atoms with E-state index in [1.54, 1.807) is 11.3 Å². The van der Waals surface area contributed by atoms with E-state index < -0.39 is 0 Å². The quantitative estimate of drug-likeness (QED) is 0.877. The van der Waals surface area contributed by atoms with Crippen LogP contribution in [0, 0.1) is 5.92 Å². The lowest BCUT2D eigenvalue weighted by Crippen LogP contribution is -2.47. The highest BCUT2D eigenvalue weighted by Crippen LogP contribution is 2.32. The number of anilines is 1. The van der Waals surface area contributed by atoms with Gasteiger partial charge < -0.3 is 10.6 Å². The summed E-state index contributed by atoms with van der Waals surface area (Å²) in [7, 11) is 0. The third-order valence-corrected chi connectivity index (χ3v) is 5.40. The molecule has 1 aromatic rings. The average Bonchev–Trinajstić information content (AvgIpc) is 2.91. The summed E-state index contributed by atoms with van der Waals surface area (Å²) < 4.78 is 0. The van der Waals surface area contributed by atoms with Crippen LogP contribution < -0.4 is 10.6 Å². The van der Waals surface area contributed by atoms with Crippen molar-refractivity contribution in [1.29, 1.82) is 0 Å². The molecule has 2 heterocycles. The minimum Gasteiger partial charge on any atom is -0.346 e. The molecule has 1 atom stereocenters. The van der Waals surface area contributed by atoms with Crippen LogP contribution in [0.5, 0.6) is 0 Å². The summed E-state index contributed by atoms with van der Waals surface area (Å²) in [6.45, 7) is 15.3. The molecule has 0 spiro atoms. The maximum atomic E-state index is 5.91. The molecule has 0 saturated carbocycles. The summed E-state index contributed by atoms with van der Waals surface area (Å²) in [6.07, 6.45) is 1.12. The molecule has 0 aromatic carbocycles. The zero-order chi connectivity index (χ0) is 15.4. The van der Waals surface area contributed by atoms with Crippen molar-refractivity contribution in [3.05, 3.63) is 10.6 Å². The van der Waals surface area contributed by atoms with Gasteiger partial charge in [-0.3, -0.25) is 4.90 Å². The van der Waals surface area contributed by atoms with E-state index in [2.05, 4.69) is 37.5 Å². The molecule has 1 fully saturated rings. The van der Waals surface area contributed by atoms with Gasteiger partial charge in [-0.1, -0.05) is 27.7 Å². The second kappa shape index (κ2) is 7.56. The number of hydrogen-bond donors (Lipinski definition) is 1. The van der Waals surface area contributed by atoms with Gasteiger partial charge >= 0.3 is 0 Å². The molecule has 120 valence electrons. The summed E-state index contributed by atoms with van der Waals surface area (Å²) in [5, 5.41) is 1.18. The molecule has 4 nitrogen and oxygen atoms in total. The molecule has 0 bridgehead atoms. The molecular formula is C16H30N4S. The third kappa shape index (κ3) is 4.18. The maximum Gasteiger partial charge on any atom is 0.185 e. The second-order valence-electron chi connectivity index (χ2n) is 6.50. The molecule has 1 aliphatic rings. The Morgan fingerprint density at radius 1 is 1.19 bits per heavy atom. The van der Waals surface area contributed by atoms with Gasteiger partial charge in [0.2, 0.25) is 0 Å². The number of hydrogen-bond acceptors (Lipinski definition) is 5. The van der Waals surface area contributed by atoms with E-state index in [4.69, 9.17) is 10.7 Å². The monoisotopic (exact) mass is 310 g/mol. The van der Waals surface area contributed by atoms with Crippen molar-refractivity contribution in [2.75, 3.05) is 37.6 Å². The van der Waals surface area contributed by atoms with Crippen molar-refractivity contribution in [1.82, 2.24) is 9.88 Å². The topological polar surface area (TPSA) is 45.4 Å². The predicted octanol–water partition coefficient (Wildman–Crippen LogP) is 2.89. The summed E-state index contributed by atoms with van der Waals surface area (Å²) in [4.78, 5) is 11.2. The molecule has 0 amide bonds. The van der Waals surface area contributed by atoms with Gasteiger partial charge in [-0.25, -0.2) is 4.98 Å². The standard InChI is InChI=1S/C16H30N4S/c1-5-13(4)15-14(10-17)21-16(18-15)20-8-6-19(7-9-20)11-12(2)3/h12-13H,5-11,17H2,1-4H3. The van der Waals surface area contributed by atoms with E-state index in [9.17, 15) is 0 Å². The first kappa shape index (κ1) is 16.7. The fourth-order valence-corrected chi connectivity index (χ4v) is 3.96. The number of aromatic nitrogens is 1. The van der Waals surface area contributed by atoms with Gasteiger partial charge in [0.25, 0.3) is 0 Å². The van der Waals surface area contributed by atoms with Gasteiger partial charge in [-0.15, -0.1) is 11.3 Å². The van der Waals surface area contributed by atoms with Crippen molar-refractivity contribution in [2.24, 2.45) is 11.7 Å². The van der Waals surface area contributed by atoms with Crippen molar-refractivity contribution < 1.29 is 0 Å². The second-order valence-corrected chi connectivity index (χ2v) is 7.56. The summed E-state index contributed by atoms with van der Waals surface area (Å²) in [5.41, 5.74) is 7.13. The Labute approximate surface area is 133 Å². The van der Waals surface area contributed by atoms with Crippen LogP contribution in [0.1, 0.15) is 50.6 Å². The number of rotatable bonds is 6. The normalized spacial score (nSPS) is 18.5. The Hall–Kier alpha value is -0.650. The van der Waals surface area contributed by atoms with E-state index in [-0.39, 0.29) is 0 Å². The minimum absolute atomic E-state index is 0.510. The number of thiazole rings is 1. The van der Waals surface area contributed by atoms with Crippen LogP contribution in [0.2, 0.25) is 0 Å². The van der Waals surface area contributed by atoms with Crippen LogP contribution in [-0.4, -0.2) is 42.6 Å². The first-order valence-electron chi connectivity index (χ1n) is 8.22. The van der Waals surface area contributed by atoms with Gasteiger partial charge in [0.1, 0.15) is 0 Å². The molecular weight excluding hydrogens is 280 g/mol. The van der Waals surface area contributed by atoms with Crippen molar-refractivity contribution in [2.45, 2.75) is 46.6 Å². The molecule has 5 heteroatoms. The van der Waals surface area contributed by atoms with E-state index in [0.717, 1.165) is 38.5 Å². The summed E-state index contributed by atoms with van der Waals surface area (Å²) >= 11 is 1.80. The SMILES string of the molecule is CCC(C)c1nc(N2CCN(CC(C)C)CC2)sc1CN. The van der Waals surface area contributed by atoms with E-state index in [1.165, 1.54) is 22.2 Å². The van der Waals surface area contributed by atoms with Gasteiger partial charge in [0.15, 0.2) is 5.13 Å². The number of nitrogens with two attached hydrogens (primary N) is 1. The third-order valence-electron chi connectivity index (χ3n) is 4.25. The largest absolute Gasteiger partial charge is 0.346 e. The lowest BCUT2D eigenvalue weighted by molar-refractivity contribution is 0.231. The fourth-order valence-electron chi connectivity index (χ4n) is 2.85. The highest BCUT2D eigenvalue weighted by Gasteiger charge is 2.22. The van der Waals surface area contributed by atoms with Crippen molar-refractivity contribution >= 4 is 16.5 Å². The van der Waals surface area contributed by atoms with E-state index in [0.29, 0.717) is 12.5 Å². The van der Waals surface area contributed by atoms with Crippen LogP contribution in [0.3, 0.4) is 0 Å². The van der Waals surface area contributed by atoms with Crippen LogP contribution >= 0.6 is 11.3 Å². The van der Waals surface area contributed by atoms with Gasteiger partial charge in [0, 0.05) is 44.1 Å². The Kier molecular flexibility index (Phi) is 6.02. The molecule has 21 heavy (non-hydrogen) atoms. The maximum absolute atomic E-state index is 5.91.